The van der Waals surface area contributed by atoms with Crippen molar-refractivity contribution in [3.05, 3.63) is 88.0 Å². The molecule has 0 bridgehead atoms. The van der Waals surface area contributed by atoms with Crippen LogP contribution in [0.25, 0.3) is 0 Å². The number of nitrogens with zero attached hydrogens (tertiary/aromatic N) is 3. The second-order valence-corrected chi connectivity index (χ2v) is 8.59. The molecule has 1 amide bonds. The van der Waals surface area contributed by atoms with Gasteiger partial charge in [0.15, 0.2) is 5.69 Å². The van der Waals surface area contributed by atoms with Crippen LogP contribution < -0.4 is 5.32 Å². The van der Waals surface area contributed by atoms with Gasteiger partial charge in [0.2, 0.25) is 0 Å². The van der Waals surface area contributed by atoms with Gasteiger partial charge in [0, 0.05) is 44.0 Å². The van der Waals surface area contributed by atoms with Crippen LogP contribution in [0.1, 0.15) is 44.9 Å². The minimum absolute atomic E-state index is 0.0329. The molecule has 5 nitrogen and oxygen atoms in total. The first-order valence-corrected chi connectivity index (χ1v) is 11.0. The smallest absolute Gasteiger partial charge is 0.274 e. The van der Waals surface area contributed by atoms with Gasteiger partial charge in [-0.2, -0.15) is 5.10 Å². The summed E-state index contributed by atoms with van der Waals surface area (Å²) in [7, 11) is 1.94. The van der Waals surface area contributed by atoms with E-state index in [2.05, 4.69) is 28.6 Å². The zero-order valence-electron chi connectivity index (χ0n) is 17.8. The molecule has 0 saturated heterocycles. The predicted octanol–water partition coefficient (Wildman–Crippen LogP) is 3.40. The summed E-state index contributed by atoms with van der Waals surface area (Å²) in [6.45, 7) is 2.06. The summed E-state index contributed by atoms with van der Waals surface area (Å²) < 4.78 is 15.0. The normalized spacial score (nSPS) is 17.9. The minimum atomic E-state index is -0.218. The van der Waals surface area contributed by atoms with E-state index < -0.39 is 0 Å². The maximum atomic E-state index is 13.4. The number of benzene rings is 2. The van der Waals surface area contributed by atoms with Gasteiger partial charge in [0.1, 0.15) is 5.82 Å². The van der Waals surface area contributed by atoms with Gasteiger partial charge in [-0.05, 0) is 54.5 Å². The minimum Gasteiger partial charge on any atom is -0.333 e. The second-order valence-electron chi connectivity index (χ2n) is 8.59. The Kier molecular flexibility index (Phi) is 5.32. The molecule has 3 aromatic rings. The largest absolute Gasteiger partial charge is 0.333 e. The predicted molar refractivity (Wildman–Crippen MR) is 117 cm³/mol. The highest BCUT2D eigenvalue weighted by molar-refractivity contribution is 5.94. The number of carbonyl (C=O) groups is 1. The van der Waals surface area contributed by atoms with E-state index in [4.69, 9.17) is 0 Å². The Hall–Kier alpha value is -2.99. The van der Waals surface area contributed by atoms with Crippen LogP contribution in [0.4, 0.5) is 4.39 Å². The van der Waals surface area contributed by atoms with E-state index in [1.807, 2.05) is 34.8 Å². The third kappa shape index (κ3) is 4.00. The lowest BCUT2D eigenvalue weighted by Crippen LogP contribution is -2.38. The number of hydrogen-bond donors (Lipinski definition) is 1. The van der Waals surface area contributed by atoms with Crippen molar-refractivity contribution in [2.45, 2.75) is 44.8 Å². The molecule has 1 aliphatic carbocycles. The standard InChI is InChI=1S/C25H27FN4O/c1-29-23-11-10-21(27-15-17-6-8-20(26)9-7-17)14-22(23)24(28-29)25(31)30-13-12-18-4-2-3-5-19(18)16-30/h2-9,21,27H,10-16H2,1H3/t21-/m0/s1. The van der Waals surface area contributed by atoms with Gasteiger partial charge >= 0.3 is 0 Å². The van der Waals surface area contributed by atoms with Crippen LogP contribution in [0.3, 0.4) is 0 Å². The number of aromatic nitrogens is 2. The topological polar surface area (TPSA) is 50.2 Å². The molecule has 0 spiro atoms. The van der Waals surface area contributed by atoms with Gasteiger partial charge in [-0.1, -0.05) is 36.4 Å². The summed E-state index contributed by atoms with van der Waals surface area (Å²) in [5.41, 5.74) is 6.46. The average molecular weight is 419 g/mol. The molecule has 0 unspecified atom stereocenters. The fraction of sp³-hybridized carbons (Fsp3) is 0.360. The molecular formula is C25H27FN4O. The molecule has 160 valence electrons. The van der Waals surface area contributed by atoms with Crippen molar-refractivity contribution in [1.29, 1.82) is 0 Å². The van der Waals surface area contributed by atoms with Crippen molar-refractivity contribution < 1.29 is 9.18 Å². The van der Waals surface area contributed by atoms with Gasteiger partial charge in [-0.25, -0.2) is 4.39 Å². The molecule has 31 heavy (non-hydrogen) atoms. The quantitative estimate of drug-likeness (QED) is 0.707. The van der Waals surface area contributed by atoms with Crippen LogP contribution >= 0.6 is 0 Å². The Morgan fingerprint density at radius 2 is 1.90 bits per heavy atom. The van der Waals surface area contributed by atoms with E-state index in [1.54, 1.807) is 0 Å². The molecule has 1 aromatic heterocycles. The van der Waals surface area contributed by atoms with Crippen LogP contribution in [0.2, 0.25) is 0 Å². The van der Waals surface area contributed by atoms with Gasteiger partial charge < -0.3 is 10.2 Å². The first kappa shape index (κ1) is 19.9. The molecule has 1 aliphatic heterocycles. The summed E-state index contributed by atoms with van der Waals surface area (Å²) in [4.78, 5) is 15.3. The van der Waals surface area contributed by atoms with E-state index in [-0.39, 0.29) is 17.8 Å². The Morgan fingerprint density at radius 3 is 2.71 bits per heavy atom. The first-order valence-electron chi connectivity index (χ1n) is 11.0. The summed E-state index contributed by atoms with van der Waals surface area (Å²) in [5.74, 6) is -0.185. The van der Waals surface area contributed by atoms with Gasteiger partial charge in [-0.15, -0.1) is 0 Å². The Balaban J connectivity index is 1.31. The first-order chi connectivity index (χ1) is 15.1. The molecule has 1 atom stereocenters. The molecule has 1 N–H and O–H groups in total. The number of carbonyl (C=O) groups excluding carboxylic acids is 1. The number of aryl methyl sites for hydroxylation is 1. The van der Waals surface area contributed by atoms with E-state index in [0.717, 1.165) is 43.4 Å². The molecule has 6 heteroatoms. The molecule has 0 saturated carbocycles. The van der Waals surface area contributed by atoms with E-state index in [0.29, 0.717) is 18.8 Å². The maximum absolute atomic E-state index is 13.4. The highest BCUT2D eigenvalue weighted by atomic mass is 19.1. The Bertz CT molecular complexity index is 1110. The van der Waals surface area contributed by atoms with Crippen LogP contribution in [0.15, 0.2) is 48.5 Å². The number of fused-ring (bicyclic) bond motifs is 2. The van der Waals surface area contributed by atoms with E-state index in [1.165, 1.54) is 29.0 Å². The fourth-order valence-corrected chi connectivity index (χ4v) is 4.82. The van der Waals surface area contributed by atoms with Crippen molar-refractivity contribution in [2.75, 3.05) is 6.54 Å². The lowest BCUT2D eigenvalue weighted by molar-refractivity contribution is 0.0726. The Labute approximate surface area is 181 Å². The summed E-state index contributed by atoms with van der Waals surface area (Å²) in [6.07, 6.45) is 3.57. The lowest BCUT2D eigenvalue weighted by atomic mass is 9.90. The third-order valence-corrected chi connectivity index (χ3v) is 6.58. The number of amides is 1. The van der Waals surface area contributed by atoms with Crippen molar-refractivity contribution in [3.8, 4) is 0 Å². The monoisotopic (exact) mass is 418 g/mol. The summed E-state index contributed by atoms with van der Waals surface area (Å²) >= 11 is 0. The molecule has 0 radical (unpaired) electrons. The number of nitrogens with one attached hydrogen (secondary N) is 1. The van der Waals surface area contributed by atoms with Crippen LogP contribution in [0.5, 0.6) is 0 Å². The second kappa shape index (κ2) is 8.27. The van der Waals surface area contributed by atoms with Crippen molar-refractivity contribution in [2.24, 2.45) is 7.05 Å². The number of hydrogen-bond acceptors (Lipinski definition) is 3. The summed E-state index contributed by atoms with van der Waals surface area (Å²) in [5, 5.41) is 8.22. The lowest BCUT2D eigenvalue weighted by Gasteiger charge is -2.29. The van der Waals surface area contributed by atoms with Crippen LogP contribution in [0, 0.1) is 5.82 Å². The van der Waals surface area contributed by atoms with Gasteiger partial charge in [0.05, 0.1) is 0 Å². The zero-order valence-corrected chi connectivity index (χ0v) is 17.8. The molecule has 2 aliphatic rings. The number of rotatable bonds is 4. The Morgan fingerprint density at radius 1 is 1.13 bits per heavy atom. The van der Waals surface area contributed by atoms with Gasteiger partial charge in [-0.3, -0.25) is 9.48 Å². The molecule has 5 rings (SSSR count). The van der Waals surface area contributed by atoms with Crippen LogP contribution in [-0.2, 0) is 39.4 Å². The molecule has 2 aromatic carbocycles. The summed E-state index contributed by atoms with van der Waals surface area (Å²) in [6, 6.07) is 15.2. The third-order valence-electron chi connectivity index (χ3n) is 6.58. The molecule has 0 fully saturated rings. The average Bonchev–Trinajstić information content (AvgIpc) is 3.13. The van der Waals surface area contributed by atoms with E-state index in [9.17, 15) is 9.18 Å². The van der Waals surface area contributed by atoms with Crippen molar-refractivity contribution in [1.82, 2.24) is 20.0 Å². The fourth-order valence-electron chi connectivity index (χ4n) is 4.82. The van der Waals surface area contributed by atoms with Crippen molar-refractivity contribution in [3.63, 3.8) is 0 Å². The molecular weight excluding hydrogens is 391 g/mol. The maximum Gasteiger partial charge on any atom is 0.274 e. The zero-order chi connectivity index (χ0) is 21.4. The van der Waals surface area contributed by atoms with E-state index >= 15 is 0 Å². The van der Waals surface area contributed by atoms with Crippen LogP contribution in [-0.4, -0.2) is 33.2 Å². The highest BCUT2D eigenvalue weighted by Gasteiger charge is 2.31. The molecule has 2 heterocycles. The van der Waals surface area contributed by atoms with Gasteiger partial charge in [0.25, 0.3) is 5.91 Å². The highest BCUT2D eigenvalue weighted by Crippen LogP contribution is 2.27. The SMILES string of the molecule is Cn1nc(C(=O)N2CCc3ccccc3C2)c2c1CC[C@H](NCc1ccc(F)cc1)C2. The van der Waals surface area contributed by atoms with Crippen molar-refractivity contribution >= 4 is 5.91 Å². The number of halogens is 1.